The molecular formula is C33H40N4O5. The van der Waals surface area contributed by atoms with Gasteiger partial charge in [-0.1, -0.05) is 36.4 Å². The average Bonchev–Trinajstić information content (AvgIpc) is 3.15. The maximum absolute atomic E-state index is 12.4. The highest BCUT2D eigenvalue weighted by Gasteiger charge is 2.23. The number of carbonyl (C=O) groups excluding carboxylic acids is 1. The molecule has 2 aliphatic heterocycles. The van der Waals surface area contributed by atoms with Gasteiger partial charge in [0.2, 0.25) is 0 Å². The van der Waals surface area contributed by atoms with Crippen molar-refractivity contribution in [1.82, 2.24) is 14.0 Å². The third-order valence-corrected chi connectivity index (χ3v) is 8.47. The number of hydrogen-bond donors (Lipinski definition) is 0. The first-order chi connectivity index (χ1) is 20.2. The molecule has 0 bridgehead atoms. The van der Waals surface area contributed by atoms with Gasteiger partial charge in [0.05, 0.1) is 13.5 Å². The van der Waals surface area contributed by atoms with Gasteiger partial charge in [0.1, 0.15) is 18.2 Å². The number of methoxy groups -OCH3 is 1. The van der Waals surface area contributed by atoms with Crippen molar-refractivity contribution in [1.29, 1.82) is 0 Å². The Bertz CT molecular complexity index is 1600. The Labute approximate surface area is 246 Å². The van der Waals surface area contributed by atoms with E-state index in [1.165, 1.54) is 14.2 Å². The fourth-order valence-electron chi connectivity index (χ4n) is 6.02. The second-order valence-electron chi connectivity index (χ2n) is 11.4. The number of piperidine rings is 1. The van der Waals surface area contributed by atoms with Gasteiger partial charge in [-0.15, -0.1) is 0 Å². The molecule has 1 aromatic heterocycles. The molecule has 2 aromatic carbocycles. The molecule has 1 saturated heterocycles. The summed E-state index contributed by atoms with van der Waals surface area (Å²) in [5, 5.41) is 0. The minimum Gasteiger partial charge on any atom is -0.488 e. The Balaban J connectivity index is 1.25. The molecule has 9 heteroatoms. The summed E-state index contributed by atoms with van der Waals surface area (Å²) in [7, 11) is 6.81. The van der Waals surface area contributed by atoms with Gasteiger partial charge in [-0.25, -0.2) is 4.79 Å². The summed E-state index contributed by atoms with van der Waals surface area (Å²) in [6.45, 7) is 4.05. The molecule has 9 nitrogen and oxygen atoms in total. The Kier molecular flexibility index (Phi) is 8.97. The lowest BCUT2D eigenvalue weighted by Gasteiger charge is -2.35. The highest BCUT2D eigenvalue weighted by Crippen LogP contribution is 2.37. The van der Waals surface area contributed by atoms with E-state index in [-0.39, 0.29) is 23.6 Å². The van der Waals surface area contributed by atoms with E-state index in [2.05, 4.69) is 47.2 Å². The number of benzene rings is 2. The van der Waals surface area contributed by atoms with Crippen LogP contribution in [0.3, 0.4) is 0 Å². The number of nitrogens with zero attached hydrogens (tertiary/aromatic N) is 4. The van der Waals surface area contributed by atoms with Gasteiger partial charge in [0.15, 0.2) is 0 Å². The van der Waals surface area contributed by atoms with Crippen molar-refractivity contribution >= 4 is 17.4 Å². The lowest BCUT2D eigenvalue weighted by atomic mass is 9.92. The standard InChI is InChI=1S/C33H40N4O5/c1-34(21-23-13-16-37(17-14-23)30-20-31(38)36(3)33(40)35(30)2)15-7-10-27-26-9-6-5-8-25(26)22-42-29-12-11-24(18-28(27)29)19-32(39)41-4/h5-6,8-12,18,20,23H,7,13-17,19,21-22H2,1-4H3/b27-10-. The van der Waals surface area contributed by atoms with E-state index >= 15 is 0 Å². The number of rotatable bonds is 8. The van der Waals surface area contributed by atoms with E-state index in [4.69, 9.17) is 9.47 Å². The van der Waals surface area contributed by atoms with Crippen molar-refractivity contribution in [2.45, 2.75) is 32.3 Å². The van der Waals surface area contributed by atoms with Crippen LogP contribution in [0.4, 0.5) is 5.82 Å². The first-order valence-electron chi connectivity index (χ1n) is 14.6. The smallest absolute Gasteiger partial charge is 0.332 e. The van der Waals surface area contributed by atoms with Gasteiger partial charge >= 0.3 is 11.7 Å². The van der Waals surface area contributed by atoms with Crippen LogP contribution in [0.25, 0.3) is 5.57 Å². The van der Waals surface area contributed by atoms with E-state index in [1.807, 2.05) is 18.2 Å². The lowest BCUT2D eigenvalue weighted by molar-refractivity contribution is -0.139. The summed E-state index contributed by atoms with van der Waals surface area (Å²) in [4.78, 5) is 41.1. The number of fused-ring (bicyclic) bond motifs is 2. The lowest BCUT2D eigenvalue weighted by Crippen LogP contribution is -2.43. The molecule has 5 rings (SSSR count). The summed E-state index contributed by atoms with van der Waals surface area (Å²) in [5.74, 6) is 1.81. The molecule has 0 aliphatic carbocycles. The molecule has 0 spiro atoms. The Hall–Kier alpha value is -4.11. The van der Waals surface area contributed by atoms with Gasteiger partial charge in [0.25, 0.3) is 5.56 Å². The van der Waals surface area contributed by atoms with Crippen molar-refractivity contribution in [3.63, 3.8) is 0 Å². The number of esters is 1. The first-order valence-corrected chi connectivity index (χ1v) is 14.6. The monoisotopic (exact) mass is 572 g/mol. The fraction of sp³-hybridized carbons (Fsp3) is 0.424. The zero-order valence-electron chi connectivity index (χ0n) is 25.0. The van der Waals surface area contributed by atoms with Crippen LogP contribution in [0.1, 0.15) is 41.5 Å². The van der Waals surface area contributed by atoms with Crippen molar-refractivity contribution in [2.75, 3.05) is 45.2 Å². The highest BCUT2D eigenvalue weighted by molar-refractivity contribution is 5.85. The maximum Gasteiger partial charge on any atom is 0.332 e. The van der Waals surface area contributed by atoms with E-state index in [0.29, 0.717) is 18.3 Å². The number of carbonyl (C=O) groups is 1. The van der Waals surface area contributed by atoms with Crippen LogP contribution >= 0.6 is 0 Å². The zero-order chi connectivity index (χ0) is 29.8. The van der Waals surface area contributed by atoms with E-state index < -0.39 is 0 Å². The molecule has 42 heavy (non-hydrogen) atoms. The van der Waals surface area contributed by atoms with Gasteiger partial charge < -0.3 is 19.3 Å². The highest BCUT2D eigenvalue weighted by atomic mass is 16.5. The minimum absolute atomic E-state index is 0.220. The molecular weight excluding hydrogens is 532 g/mol. The van der Waals surface area contributed by atoms with E-state index in [0.717, 1.165) is 83.6 Å². The Morgan fingerprint density at radius 3 is 2.57 bits per heavy atom. The summed E-state index contributed by atoms with van der Waals surface area (Å²) >= 11 is 0. The quantitative estimate of drug-likeness (QED) is 0.383. The van der Waals surface area contributed by atoms with Gasteiger partial charge in [-0.05, 0) is 66.6 Å². The number of hydrogen-bond acceptors (Lipinski definition) is 7. The van der Waals surface area contributed by atoms with Crippen LogP contribution in [-0.4, -0.2) is 60.3 Å². The molecule has 3 aromatic rings. The van der Waals surface area contributed by atoms with Crippen LogP contribution in [0.2, 0.25) is 0 Å². The molecule has 1 fully saturated rings. The molecule has 0 amide bonds. The summed E-state index contributed by atoms with van der Waals surface area (Å²) < 4.78 is 13.8. The second-order valence-corrected chi connectivity index (χ2v) is 11.4. The molecule has 0 unspecified atom stereocenters. The second kappa shape index (κ2) is 12.8. The fourth-order valence-corrected chi connectivity index (χ4v) is 6.02. The summed E-state index contributed by atoms with van der Waals surface area (Å²) in [6, 6.07) is 15.8. The van der Waals surface area contributed by atoms with Crippen LogP contribution in [0.5, 0.6) is 5.75 Å². The minimum atomic E-state index is -0.293. The zero-order valence-corrected chi connectivity index (χ0v) is 25.0. The molecule has 2 aliphatic rings. The number of ether oxygens (including phenoxy) is 2. The predicted octanol–water partition coefficient (Wildman–Crippen LogP) is 3.36. The Morgan fingerprint density at radius 2 is 1.81 bits per heavy atom. The average molecular weight is 573 g/mol. The van der Waals surface area contributed by atoms with Crippen LogP contribution in [0, 0.1) is 5.92 Å². The predicted molar refractivity (Wildman–Crippen MR) is 164 cm³/mol. The van der Waals surface area contributed by atoms with E-state index in [1.54, 1.807) is 17.7 Å². The van der Waals surface area contributed by atoms with E-state index in [9.17, 15) is 14.4 Å². The normalized spacial score (nSPS) is 16.1. The van der Waals surface area contributed by atoms with Crippen molar-refractivity contribution in [3.05, 3.63) is 97.7 Å². The summed E-state index contributed by atoms with van der Waals surface area (Å²) in [5.41, 5.74) is 4.77. The number of aromatic nitrogens is 2. The van der Waals surface area contributed by atoms with Crippen molar-refractivity contribution < 1.29 is 14.3 Å². The molecule has 0 radical (unpaired) electrons. The van der Waals surface area contributed by atoms with Gasteiger partial charge in [0, 0.05) is 51.9 Å². The topological polar surface area (TPSA) is 86.0 Å². The van der Waals surface area contributed by atoms with Crippen LogP contribution < -0.4 is 20.9 Å². The van der Waals surface area contributed by atoms with Gasteiger partial charge in [-0.3, -0.25) is 18.7 Å². The molecule has 0 atom stereocenters. The number of anilines is 1. The maximum atomic E-state index is 12.4. The van der Waals surface area contributed by atoms with Crippen LogP contribution in [0.15, 0.2) is 64.2 Å². The molecule has 0 saturated carbocycles. The van der Waals surface area contributed by atoms with Crippen molar-refractivity contribution in [2.24, 2.45) is 20.0 Å². The molecule has 222 valence electrons. The van der Waals surface area contributed by atoms with Crippen LogP contribution in [-0.2, 0) is 36.7 Å². The summed E-state index contributed by atoms with van der Waals surface area (Å²) in [6.07, 6.45) is 5.40. The Morgan fingerprint density at radius 1 is 1.05 bits per heavy atom. The molecule has 0 N–H and O–H groups in total. The first kappa shape index (κ1) is 29.4. The molecule has 3 heterocycles. The third kappa shape index (κ3) is 6.36. The third-order valence-electron chi connectivity index (χ3n) is 8.47. The largest absolute Gasteiger partial charge is 0.488 e. The van der Waals surface area contributed by atoms with Crippen molar-refractivity contribution in [3.8, 4) is 5.75 Å². The SMILES string of the molecule is COC(=O)Cc1ccc2c(c1)/C(=C\CCN(C)CC1CCN(c3cc(=O)n(C)c(=O)n3C)CC1)c1ccccc1CO2. The van der Waals surface area contributed by atoms with Gasteiger partial charge in [-0.2, -0.15) is 0 Å².